The maximum absolute atomic E-state index is 13.6. The number of nitrogens with zero attached hydrogens (tertiary/aromatic N) is 4. The summed E-state index contributed by atoms with van der Waals surface area (Å²) in [6, 6.07) is 15.4. The minimum Gasteiger partial charge on any atom is -0.481 e. The molecule has 11 heteroatoms. The quantitative estimate of drug-likeness (QED) is 0.103. The number of nitrogens with one attached hydrogen (secondary N) is 2. The molecule has 53 heavy (non-hydrogen) atoms. The first-order valence-corrected chi connectivity index (χ1v) is 18.6. The molecule has 2 aromatic heterocycles. The van der Waals surface area contributed by atoms with Gasteiger partial charge in [-0.05, 0) is 146 Å². The van der Waals surface area contributed by atoms with Crippen molar-refractivity contribution >= 4 is 35.4 Å². The largest absolute Gasteiger partial charge is 0.481 e. The molecule has 274 valence electrons. The number of aliphatic hydroxyl groups excluding tert-OH is 1. The average Bonchev–Trinajstić information content (AvgIpc) is 4.10. The lowest BCUT2D eigenvalue weighted by Crippen LogP contribution is -2.20. The van der Waals surface area contributed by atoms with Crippen LogP contribution in [0.1, 0.15) is 105 Å². The molecule has 1 unspecified atom stereocenters. The molecule has 2 saturated carbocycles. The highest BCUT2D eigenvalue weighted by Gasteiger charge is 2.29. The van der Waals surface area contributed by atoms with Gasteiger partial charge in [-0.15, -0.1) is 0 Å². The number of carboxylic acid groups (broad SMARTS) is 1. The molecule has 1 saturated heterocycles. The third-order valence-corrected chi connectivity index (χ3v) is 10.7. The van der Waals surface area contributed by atoms with Crippen molar-refractivity contribution in [2.45, 2.75) is 77.3 Å². The number of aliphatic hydroxyl groups is 1. The molecule has 4 N–H and O–H groups in total. The Hall–Kier alpha value is -5.26. The fourth-order valence-corrected chi connectivity index (χ4v) is 7.21. The van der Waals surface area contributed by atoms with Crippen LogP contribution in [-0.4, -0.2) is 68.8 Å². The van der Waals surface area contributed by atoms with Crippen LogP contribution in [0.4, 0.5) is 11.4 Å². The van der Waals surface area contributed by atoms with E-state index in [1.54, 1.807) is 12.3 Å². The van der Waals surface area contributed by atoms with E-state index in [0.717, 1.165) is 78.7 Å². The second-order valence-corrected chi connectivity index (χ2v) is 14.6. The SMILES string of the molecule is Cc1c(NC(=O)c2cc(C3CC3)c(CN=CC(CO)C(=O)O)cn2)cccc1-c1cccc(NC(=O)c2cc(C3CC3)c(CN3CCCC3)cn2)c1C. The van der Waals surface area contributed by atoms with Crippen LogP contribution in [0.5, 0.6) is 0 Å². The first-order chi connectivity index (χ1) is 25.7. The summed E-state index contributed by atoms with van der Waals surface area (Å²) in [5.74, 6) is -1.96. The molecule has 0 spiro atoms. The number of carbonyl (C=O) groups is 3. The molecule has 2 aromatic carbocycles. The van der Waals surface area contributed by atoms with Crippen molar-refractivity contribution in [3.8, 4) is 11.1 Å². The predicted octanol–water partition coefficient (Wildman–Crippen LogP) is 6.88. The van der Waals surface area contributed by atoms with E-state index in [1.165, 1.54) is 30.2 Å². The van der Waals surface area contributed by atoms with Gasteiger partial charge in [-0.3, -0.25) is 34.2 Å². The number of benzene rings is 2. The van der Waals surface area contributed by atoms with Crippen molar-refractivity contribution in [1.82, 2.24) is 14.9 Å². The number of hydrogen-bond donors (Lipinski definition) is 4. The number of amides is 2. The first kappa shape index (κ1) is 36.1. The summed E-state index contributed by atoms with van der Waals surface area (Å²) in [6.07, 6.45) is 11.6. The fraction of sp³-hybridized carbons (Fsp3) is 0.381. The van der Waals surface area contributed by atoms with Gasteiger partial charge in [0.25, 0.3) is 11.8 Å². The van der Waals surface area contributed by atoms with E-state index >= 15 is 0 Å². The number of aliphatic imine (C=N–C) groups is 1. The summed E-state index contributed by atoms with van der Waals surface area (Å²) >= 11 is 0. The highest BCUT2D eigenvalue weighted by atomic mass is 16.4. The van der Waals surface area contributed by atoms with Gasteiger partial charge in [-0.2, -0.15) is 0 Å². The van der Waals surface area contributed by atoms with Crippen LogP contribution < -0.4 is 10.6 Å². The zero-order valence-corrected chi connectivity index (χ0v) is 30.3. The Labute approximate surface area is 309 Å². The van der Waals surface area contributed by atoms with Crippen LogP contribution in [0, 0.1) is 19.8 Å². The second kappa shape index (κ2) is 15.8. The first-order valence-electron chi connectivity index (χ1n) is 18.6. The average molecular weight is 715 g/mol. The highest BCUT2D eigenvalue weighted by molar-refractivity contribution is 6.05. The monoisotopic (exact) mass is 714 g/mol. The molecule has 2 aliphatic carbocycles. The maximum Gasteiger partial charge on any atom is 0.314 e. The lowest BCUT2D eigenvalue weighted by Gasteiger charge is -2.18. The van der Waals surface area contributed by atoms with Gasteiger partial charge >= 0.3 is 5.97 Å². The minimum atomic E-state index is -1.14. The zero-order valence-electron chi connectivity index (χ0n) is 30.3. The molecule has 1 atom stereocenters. The van der Waals surface area contributed by atoms with E-state index in [0.29, 0.717) is 28.9 Å². The lowest BCUT2D eigenvalue weighted by atomic mass is 9.94. The Morgan fingerprint density at radius 1 is 0.830 bits per heavy atom. The molecule has 1 aliphatic heterocycles. The van der Waals surface area contributed by atoms with Crippen LogP contribution in [0.15, 0.2) is 65.9 Å². The standard InChI is InChI=1S/C42H46N6O5/c1-25-32(7-5-9-36(25)46-40(50)38-17-34(27-11-12-27)29(21-44-38)19-43-20-31(24-49)42(52)53)33-8-6-10-37(26(33)2)47-41(51)39-18-35(28-13-14-28)30(22-45-39)23-48-15-3-4-16-48/h5-10,17-18,20-22,27-28,31,49H,3-4,11-16,19,23-24H2,1-2H3,(H,46,50)(H,47,51)(H,52,53). The molecule has 0 bridgehead atoms. The fourth-order valence-electron chi connectivity index (χ4n) is 7.21. The van der Waals surface area contributed by atoms with Gasteiger partial charge in [-0.1, -0.05) is 24.3 Å². The third kappa shape index (κ3) is 8.37. The van der Waals surface area contributed by atoms with Gasteiger partial charge in [0.1, 0.15) is 17.3 Å². The molecular formula is C42H46N6O5. The van der Waals surface area contributed by atoms with Crippen LogP contribution >= 0.6 is 0 Å². The lowest BCUT2D eigenvalue weighted by molar-refractivity contribution is -0.140. The molecule has 2 amide bonds. The maximum atomic E-state index is 13.6. The summed E-state index contributed by atoms with van der Waals surface area (Å²) in [6.45, 7) is 6.77. The molecule has 11 nitrogen and oxygen atoms in total. The highest BCUT2D eigenvalue weighted by Crippen LogP contribution is 2.43. The molecular weight excluding hydrogens is 668 g/mol. The number of likely N-dealkylation sites (tertiary alicyclic amines) is 1. The van der Waals surface area contributed by atoms with E-state index in [9.17, 15) is 24.6 Å². The van der Waals surface area contributed by atoms with Crippen molar-refractivity contribution in [3.05, 3.63) is 106 Å². The molecule has 3 aliphatic rings. The number of carboxylic acids is 1. The van der Waals surface area contributed by atoms with Crippen LogP contribution in [0.25, 0.3) is 11.1 Å². The number of anilines is 2. The second-order valence-electron chi connectivity index (χ2n) is 14.6. The molecule has 3 heterocycles. The van der Waals surface area contributed by atoms with Gasteiger partial charge in [0.05, 0.1) is 13.2 Å². The van der Waals surface area contributed by atoms with Gasteiger partial charge in [0, 0.05) is 36.5 Å². The summed E-state index contributed by atoms with van der Waals surface area (Å²) in [5.41, 5.74) is 10.0. The van der Waals surface area contributed by atoms with E-state index < -0.39 is 18.5 Å². The number of aliphatic carboxylic acids is 1. The Morgan fingerprint density at radius 2 is 1.34 bits per heavy atom. The zero-order chi connectivity index (χ0) is 37.1. The van der Waals surface area contributed by atoms with Gasteiger partial charge in [-0.25, -0.2) is 0 Å². The van der Waals surface area contributed by atoms with E-state index in [2.05, 4.69) is 30.5 Å². The Kier molecular flexibility index (Phi) is 10.7. The van der Waals surface area contributed by atoms with Crippen molar-refractivity contribution in [2.75, 3.05) is 30.3 Å². The third-order valence-electron chi connectivity index (χ3n) is 10.7. The minimum absolute atomic E-state index is 0.216. The Morgan fingerprint density at radius 3 is 1.83 bits per heavy atom. The van der Waals surface area contributed by atoms with Crippen LogP contribution in [0.3, 0.4) is 0 Å². The van der Waals surface area contributed by atoms with Crippen molar-refractivity contribution in [3.63, 3.8) is 0 Å². The van der Waals surface area contributed by atoms with Crippen molar-refractivity contribution in [2.24, 2.45) is 10.9 Å². The van der Waals surface area contributed by atoms with Crippen molar-refractivity contribution < 1.29 is 24.6 Å². The summed E-state index contributed by atoms with van der Waals surface area (Å²) < 4.78 is 0. The van der Waals surface area contributed by atoms with Crippen LogP contribution in [-0.2, 0) is 17.9 Å². The number of rotatable bonds is 14. The van der Waals surface area contributed by atoms with Crippen molar-refractivity contribution in [1.29, 1.82) is 0 Å². The Bertz CT molecular complexity index is 2070. The molecule has 3 fully saturated rings. The summed E-state index contributed by atoms with van der Waals surface area (Å²) in [7, 11) is 0. The van der Waals surface area contributed by atoms with Gasteiger partial charge < -0.3 is 20.8 Å². The summed E-state index contributed by atoms with van der Waals surface area (Å²) in [4.78, 5) is 54.1. The van der Waals surface area contributed by atoms with E-state index in [-0.39, 0.29) is 24.1 Å². The normalized spacial score (nSPS) is 16.5. The number of pyridine rings is 2. The van der Waals surface area contributed by atoms with E-state index in [1.807, 2.05) is 62.5 Å². The Balaban J connectivity index is 1.06. The molecule has 4 aromatic rings. The predicted molar refractivity (Wildman–Crippen MR) is 205 cm³/mol. The van der Waals surface area contributed by atoms with E-state index in [4.69, 9.17) is 0 Å². The number of carbonyl (C=O) groups excluding carboxylic acids is 2. The van der Waals surface area contributed by atoms with Gasteiger partial charge in [0.15, 0.2) is 0 Å². The van der Waals surface area contributed by atoms with Gasteiger partial charge in [0.2, 0.25) is 0 Å². The number of hydrogen-bond acceptors (Lipinski definition) is 8. The summed E-state index contributed by atoms with van der Waals surface area (Å²) in [5, 5.41) is 24.6. The topological polar surface area (TPSA) is 157 Å². The number of aromatic nitrogens is 2. The molecule has 0 radical (unpaired) electrons. The molecule has 7 rings (SSSR count). The van der Waals surface area contributed by atoms with Crippen LogP contribution in [0.2, 0.25) is 0 Å². The smallest absolute Gasteiger partial charge is 0.314 e.